The normalized spacial score (nSPS) is 15.3. The molecule has 1 aliphatic heterocycles. The molecule has 1 N–H and O–H groups in total. The number of benzene rings is 2. The van der Waals surface area contributed by atoms with Crippen LogP contribution in [0.25, 0.3) is 0 Å². The van der Waals surface area contributed by atoms with Gasteiger partial charge in [0.25, 0.3) is 0 Å². The molecule has 3 rings (SSSR count). The van der Waals surface area contributed by atoms with Crippen molar-refractivity contribution >= 4 is 17.7 Å². The van der Waals surface area contributed by atoms with Gasteiger partial charge >= 0.3 is 6.09 Å². The van der Waals surface area contributed by atoms with Crippen LogP contribution in [-0.2, 0) is 4.79 Å². The van der Waals surface area contributed by atoms with E-state index in [1.54, 1.807) is 36.1 Å². The fourth-order valence-corrected chi connectivity index (χ4v) is 2.96. The Morgan fingerprint density at radius 2 is 1.50 bits per heavy atom. The maximum absolute atomic E-state index is 12.6. The molecule has 2 aromatic carbocycles. The smallest absolute Gasteiger partial charge is 0.410 e. The minimum Gasteiger partial charge on any atom is -0.410 e. The van der Waals surface area contributed by atoms with E-state index >= 15 is 0 Å². The fraction of sp³-hybridized carbons (Fsp3) is 0.300. The predicted molar refractivity (Wildman–Crippen MR) is 100 cm³/mol. The van der Waals surface area contributed by atoms with E-state index in [2.05, 4.69) is 22.3 Å². The monoisotopic (exact) mass is 353 g/mol. The number of carbonyl (C=O) groups excluding carboxylic acids is 2. The Bertz CT molecular complexity index is 728. The summed E-state index contributed by atoms with van der Waals surface area (Å²) >= 11 is 0. The molecule has 136 valence electrons. The average molecular weight is 353 g/mol. The molecule has 0 spiro atoms. The molecular formula is C20H23N3O3. The number of piperazine rings is 1. The van der Waals surface area contributed by atoms with Gasteiger partial charge in [0.15, 0.2) is 0 Å². The molecule has 0 bridgehead atoms. The van der Waals surface area contributed by atoms with Crippen LogP contribution in [0, 0.1) is 0 Å². The standard InChI is InChI=1S/C20H23N3O3/c1-16(21-20(25)26-18-10-6-3-7-11-18)19(24)23-14-12-22(13-15-23)17-8-4-2-5-9-17/h2-11,16H,12-15H2,1H3,(H,21,25)/t16-/m0/s1. The van der Waals surface area contributed by atoms with Crippen molar-refractivity contribution in [2.45, 2.75) is 13.0 Å². The molecule has 26 heavy (non-hydrogen) atoms. The fourth-order valence-electron chi connectivity index (χ4n) is 2.96. The lowest BCUT2D eigenvalue weighted by Crippen LogP contribution is -2.54. The lowest BCUT2D eigenvalue weighted by molar-refractivity contribution is -0.133. The van der Waals surface area contributed by atoms with E-state index in [9.17, 15) is 9.59 Å². The summed E-state index contributed by atoms with van der Waals surface area (Å²) in [6, 6.07) is 18.3. The predicted octanol–water partition coefficient (Wildman–Crippen LogP) is 2.51. The Morgan fingerprint density at radius 1 is 0.923 bits per heavy atom. The average Bonchev–Trinajstić information content (AvgIpc) is 2.69. The minimum atomic E-state index is -0.630. The maximum atomic E-state index is 12.6. The highest BCUT2D eigenvalue weighted by atomic mass is 16.6. The van der Waals surface area contributed by atoms with Gasteiger partial charge in [-0.15, -0.1) is 0 Å². The topological polar surface area (TPSA) is 61.9 Å². The number of amides is 2. The third-order valence-corrected chi connectivity index (χ3v) is 4.37. The third kappa shape index (κ3) is 4.53. The van der Waals surface area contributed by atoms with Crippen molar-refractivity contribution in [1.29, 1.82) is 0 Å². The van der Waals surface area contributed by atoms with Crippen molar-refractivity contribution in [3.63, 3.8) is 0 Å². The number of hydrogen-bond donors (Lipinski definition) is 1. The molecule has 0 aromatic heterocycles. The Hall–Kier alpha value is -3.02. The number of rotatable bonds is 4. The first kappa shape index (κ1) is 17.8. The number of anilines is 1. The zero-order valence-corrected chi connectivity index (χ0v) is 14.8. The van der Waals surface area contributed by atoms with E-state index in [0.717, 1.165) is 18.8 Å². The van der Waals surface area contributed by atoms with Crippen LogP contribution in [-0.4, -0.2) is 49.1 Å². The quantitative estimate of drug-likeness (QED) is 0.917. The van der Waals surface area contributed by atoms with Gasteiger partial charge in [0.05, 0.1) is 0 Å². The minimum absolute atomic E-state index is 0.0947. The van der Waals surface area contributed by atoms with Gasteiger partial charge in [-0.25, -0.2) is 4.79 Å². The highest BCUT2D eigenvalue weighted by Crippen LogP contribution is 2.16. The number of hydrogen-bond acceptors (Lipinski definition) is 4. The molecule has 0 unspecified atom stereocenters. The molecule has 1 saturated heterocycles. The van der Waals surface area contributed by atoms with E-state index in [1.807, 2.05) is 24.3 Å². The molecule has 0 aliphatic carbocycles. The van der Waals surface area contributed by atoms with Gasteiger partial charge in [-0.3, -0.25) is 4.79 Å². The molecule has 0 saturated carbocycles. The molecule has 6 heteroatoms. The van der Waals surface area contributed by atoms with Crippen LogP contribution in [0.3, 0.4) is 0 Å². The first-order chi connectivity index (χ1) is 12.6. The SMILES string of the molecule is C[C@H](NC(=O)Oc1ccccc1)C(=O)N1CCN(c2ccccc2)CC1. The van der Waals surface area contributed by atoms with Crippen LogP contribution in [0.5, 0.6) is 5.75 Å². The Morgan fingerprint density at radius 3 is 2.12 bits per heavy atom. The van der Waals surface area contributed by atoms with Crippen LogP contribution in [0.2, 0.25) is 0 Å². The van der Waals surface area contributed by atoms with Crippen LogP contribution >= 0.6 is 0 Å². The Balaban J connectivity index is 1.47. The van der Waals surface area contributed by atoms with Gasteiger partial charge in [0, 0.05) is 31.9 Å². The van der Waals surface area contributed by atoms with Gasteiger partial charge in [-0.05, 0) is 31.2 Å². The number of nitrogens with zero attached hydrogens (tertiary/aromatic N) is 2. The van der Waals surface area contributed by atoms with Gasteiger partial charge in [0.1, 0.15) is 11.8 Å². The molecular weight excluding hydrogens is 330 g/mol. The van der Waals surface area contributed by atoms with Crippen molar-refractivity contribution in [1.82, 2.24) is 10.2 Å². The highest BCUT2D eigenvalue weighted by molar-refractivity contribution is 5.86. The summed E-state index contributed by atoms with van der Waals surface area (Å²) in [6.45, 7) is 4.49. The number of nitrogens with one attached hydrogen (secondary N) is 1. The second kappa shape index (κ2) is 8.38. The summed E-state index contributed by atoms with van der Waals surface area (Å²) in [5.41, 5.74) is 1.16. The van der Waals surface area contributed by atoms with E-state index in [1.165, 1.54) is 0 Å². The molecule has 1 aliphatic rings. The lowest BCUT2D eigenvalue weighted by Gasteiger charge is -2.37. The van der Waals surface area contributed by atoms with Gasteiger partial charge < -0.3 is 19.9 Å². The van der Waals surface area contributed by atoms with Crippen molar-refractivity contribution in [3.8, 4) is 5.75 Å². The second-order valence-electron chi connectivity index (χ2n) is 6.22. The molecule has 6 nitrogen and oxygen atoms in total. The van der Waals surface area contributed by atoms with Gasteiger partial charge in [-0.1, -0.05) is 36.4 Å². The van der Waals surface area contributed by atoms with E-state index in [0.29, 0.717) is 18.8 Å². The molecule has 1 heterocycles. The Kier molecular flexibility index (Phi) is 5.73. The lowest BCUT2D eigenvalue weighted by atomic mass is 10.2. The highest BCUT2D eigenvalue weighted by Gasteiger charge is 2.26. The molecule has 1 atom stereocenters. The van der Waals surface area contributed by atoms with E-state index in [4.69, 9.17) is 4.74 Å². The number of ether oxygens (including phenoxy) is 1. The van der Waals surface area contributed by atoms with Gasteiger partial charge in [0.2, 0.25) is 5.91 Å². The van der Waals surface area contributed by atoms with Crippen LogP contribution < -0.4 is 15.0 Å². The van der Waals surface area contributed by atoms with Crippen molar-refractivity contribution in [3.05, 3.63) is 60.7 Å². The summed E-state index contributed by atoms with van der Waals surface area (Å²) in [5.74, 6) is 0.351. The van der Waals surface area contributed by atoms with Crippen LogP contribution in [0.4, 0.5) is 10.5 Å². The molecule has 0 radical (unpaired) electrons. The molecule has 2 aromatic rings. The first-order valence-electron chi connectivity index (χ1n) is 8.75. The molecule has 2 amide bonds. The number of para-hydroxylation sites is 2. The molecule has 1 fully saturated rings. The van der Waals surface area contributed by atoms with Gasteiger partial charge in [-0.2, -0.15) is 0 Å². The summed E-state index contributed by atoms with van der Waals surface area (Å²) in [4.78, 5) is 28.5. The van der Waals surface area contributed by atoms with Crippen LogP contribution in [0.15, 0.2) is 60.7 Å². The largest absolute Gasteiger partial charge is 0.413 e. The van der Waals surface area contributed by atoms with E-state index in [-0.39, 0.29) is 5.91 Å². The second-order valence-corrected chi connectivity index (χ2v) is 6.22. The van der Waals surface area contributed by atoms with E-state index < -0.39 is 12.1 Å². The summed E-state index contributed by atoms with van der Waals surface area (Å²) < 4.78 is 5.17. The zero-order chi connectivity index (χ0) is 18.4. The zero-order valence-electron chi connectivity index (χ0n) is 14.8. The summed E-state index contributed by atoms with van der Waals surface area (Å²) in [5, 5.41) is 2.60. The van der Waals surface area contributed by atoms with Crippen molar-refractivity contribution < 1.29 is 14.3 Å². The van der Waals surface area contributed by atoms with Crippen LogP contribution in [0.1, 0.15) is 6.92 Å². The van der Waals surface area contributed by atoms with Crippen molar-refractivity contribution in [2.24, 2.45) is 0 Å². The summed E-state index contributed by atoms with van der Waals surface area (Å²) in [6.07, 6.45) is -0.625. The Labute approximate surface area is 153 Å². The first-order valence-corrected chi connectivity index (χ1v) is 8.75. The summed E-state index contributed by atoms with van der Waals surface area (Å²) in [7, 11) is 0. The third-order valence-electron chi connectivity index (χ3n) is 4.37. The number of carbonyl (C=O) groups is 2. The maximum Gasteiger partial charge on any atom is 0.413 e. The van der Waals surface area contributed by atoms with Crippen molar-refractivity contribution in [2.75, 3.05) is 31.1 Å².